The Morgan fingerprint density at radius 3 is 2.96 bits per heavy atom. The zero-order valence-corrected chi connectivity index (χ0v) is 13.3. The number of anilines is 1. The first-order chi connectivity index (χ1) is 12.2. The van der Waals surface area contributed by atoms with Crippen molar-refractivity contribution in [2.45, 2.75) is 5.67 Å². The number of fused-ring (bicyclic) bond motifs is 2. The van der Waals surface area contributed by atoms with Crippen LogP contribution >= 0.6 is 0 Å². The number of hydrogen-bond acceptors (Lipinski definition) is 5. The molecule has 25 heavy (non-hydrogen) atoms. The van der Waals surface area contributed by atoms with E-state index in [1.165, 1.54) is 0 Å². The second kappa shape index (κ2) is 5.25. The third-order valence-electron chi connectivity index (χ3n) is 4.40. The molecule has 0 spiro atoms. The molecule has 7 nitrogen and oxygen atoms in total. The highest BCUT2D eigenvalue weighted by atomic mass is 19.1. The highest BCUT2D eigenvalue weighted by Crippen LogP contribution is 2.26. The molecule has 5 rings (SSSR count). The SMILES string of the molecule is FC1(CNc2ncc3c(-c4ccc5nccn5c4)ccn3n2)COC1. The molecule has 0 amide bonds. The molecule has 8 heteroatoms. The monoisotopic (exact) mass is 338 g/mol. The van der Waals surface area contributed by atoms with Crippen molar-refractivity contribution >= 4 is 17.1 Å². The molecule has 126 valence electrons. The van der Waals surface area contributed by atoms with E-state index >= 15 is 0 Å². The van der Waals surface area contributed by atoms with Crippen LogP contribution in [0.15, 0.2) is 49.2 Å². The number of alkyl halides is 1. The molecule has 4 aromatic heterocycles. The average Bonchev–Trinajstić information content (AvgIpc) is 3.23. The van der Waals surface area contributed by atoms with Crippen LogP contribution in [0.4, 0.5) is 10.3 Å². The third-order valence-corrected chi connectivity index (χ3v) is 4.40. The molecule has 0 bridgehead atoms. The smallest absolute Gasteiger partial charge is 0.241 e. The van der Waals surface area contributed by atoms with Gasteiger partial charge < -0.3 is 14.5 Å². The second-order valence-electron chi connectivity index (χ2n) is 6.25. The van der Waals surface area contributed by atoms with Crippen LogP contribution in [0, 0.1) is 0 Å². The zero-order chi connectivity index (χ0) is 16.9. The summed E-state index contributed by atoms with van der Waals surface area (Å²) in [4.78, 5) is 8.56. The topological polar surface area (TPSA) is 68.8 Å². The lowest BCUT2D eigenvalue weighted by Gasteiger charge is -2.33. The van der Waals surface area contributed by atoms with Gasteiger partial charge in [0.1, 0.15) is 5.65 Å². The van der Waals surface area contributed by atoms with Gasteiger partial charge in [-0.1, -0.05) is 0 Å². The summed E-state index contributed by atoms with van der Waals surface area (Å²) in [6.07, 6.45) is 9.31. The first-order valence-electron chi connectivity index (χ1n) is 7.98. The van der Waals surface area contributed by atoms with Crippen LogP contribution in [0.5, 0.6) is 0 Å². The standard InChI is InChI=1S/C17H15FN6O/c18-17(10-25-11-17)9-21-16-20-7-14-13(3-5-24(14)22-16)12-1-2-15-19-4-6-23(15)8-12/h1-8H,9-11H2,(H,21,22). The number of rotatable bonds is 4. The number of imidazole rings is 1. The minimum Gasteiger partial charge on any atom is -0.374 e. The van der Waals surface area contributed by atoms with Crippen molar-refractivity contribution in [1.29, 1.82) is 0 Å². The Morgan fingerprint density at radius 1 is 1.20 bits per heavy atom. The average molecular weight is 338 g/mol. The molecule has 1 aliphatic heterocycles. The van der Waals surface area contributed by atoms with Gasteiger partial charge in [0.05, 0.1) is 31.5 Å². The summed E-state index contributed by atoms with van der Waals surface area (Å²) in [6, 6.07) is 5.98. The molecule has 0 radical (unpaired) electrons. The molecule has 1 fully saturated rings. The first-order valence-corrected chi connectivity index (χ1v) is 7.98. The lowest BCUT2D eigenvalue weighted by atomic mass is 10.1. The van der Waals surface area contributed by atoms with Gasteiger partial charge >= 0.3 is 0 Å². The fourth-order valence-corrected chi connectivity index (χ4v) is 2.97. The molecule has 0 unspecified atom stereocenters. The van der Waals surface area contributed by atoms with Crippen LogP contribution in [0.1, 0.15) is 0 Å². The predicted molar refractivity (Wildman–Crippen MR) is 90.3 cm³/mol. The Hall–Kier alpha value is -3.00. The minimum atomic E-state index is -1.32. The summed E-state index contributed by atoms with van der Waals surface area (Å²) < 4.78 is 22.6. The van der Waals surface area contributed by atoms with Gasteiger partial charge in [0.25, 0.3) is 0 Å². The van der Waals surface area contributed by atoms with Crippen LogP contribution in [-0.2, 0) is 4.74 Å². The minimum absolute atomic E-state index is 0.118. The van der Waals surface area contributed by atoms with E-state index in [9.17, 15) is 4.39 Å². The van der Waals surface area contributed by atoms with Crippen LogP contribution in [0.3, 0.4) is 0 Å². The van der Waals surface area contributed by atoms with Gasteiger partial charge in [-0.3, -0.25) is 0 Å². The van der Waals surface area contributed by atoms with Crippen molar-refractivity contribution < 1.29 is 9.13 Å². The van der Waals surface area contributed by atoms with E-state index < -0.39 is 5.67 Å². The number of hydrogen-bond donors (Lipinski definition) is 1. The highest BCUT2D eigenvalue weighted by molar-refractivity contribution is 5.80. The number of aromatic nitrogens is 5. The molecule has 0 aromatic carbocycles. The molecule has 1 saturated heterocycles. The van der Waals surface area contributed by atoms with Gasteiger partial charge in [0.2, 0.25) is 5.95 Å². The molecule has 1 aliphatic rings. The van der Waals surface area contributed by atoms with Crippen LogP contribution in [-0.4, -0.2) is 49.4 Å². The van der Waals surface area contributed by atoms with Crippen molar-refractivity contribution in [3.63, 3.8) is 0 Å². The van der Waals surface area contributed by atoms with Gasteiger partial charge in [-0.2, -0.15) is 0 Å². The fraction of sp³-hybridized carbons (Fsp3) is 0.235. The van der Waals surface area contributed by atoms with Gasteiger partial charge in [-0.25, -0.2) is 18.9 Å². The number of pyridine rings is 1. The third kappa shape index (κ3) is 2.42. The molecular weight excluding hydrogens is 323 g/mol. The van der Waals surface area contributed by atoms with Gasteiger partial charge in [0, 0.05) is 35.9 Å². The highest BCUT2D eigenvalue weighted by Gasteiger charge is 2.38. The van der Waals surface area contributed by atoms with Gasteiger partial charge in [-0.05, 0) is 18.2 Å². The first kappa shape index (κ1) is 14.4. The van der Waals surface area contributed by atoms with E-state index in [0.717, 1.165) is 22.3 Å². The number of ether oxygens (including phenoxy) is 1. The Balaban J connectivity index is 1.46. The largest absolute Gasteiger partial charge is 0.374 e. The predicted octanol–water partition coefficient (Wildman–Crippen LogP) is 2.19. The maximum Gasteiger partial charge on any atom is 0.241 e. The maximum atomic E-state index is 14.0. The number of nitrogens with zero attached hydrogens (tertiary/aromatic N) is 5. The van der Waals surface area contributed by atoms with E-state index in [1.54, 1.807) is 16.9 Å². The summed E-state index contributed by atoms with van der Waals surface area (Å²) in [5, 5.41) is 7.34. The fourth-order valence-electron chi connectivity index (χ4n) is 2.97. The summed E-state index contributed by atoms with van der Waals surface area (Å²) in [7, 11) is 0. The molecular formula is C17H15FN6O. The summed E-state index contributed by atoms with van der Waals surface area (Å²) in [6.45, 7) is 0.378. The van der Waals surface area contributed by atoms with Crippen molar-refractivity contribution in [1.82, 2.24) is 24.0 Å². The summed E-state index contributed by atoms with van der Waals surface area (Å²) in [5.74, 6) is 0.392. The quantitative estimate of drug-likeness (QED) is 0.618. The zero-order valence-electron chi connectivity index (χ0n) is 13.3. The molecule has 5 heterocycles. The summed E-state index contributed by atoms with van der Waals surface area (Å²) in [5.41, 5.74) is 2.53. The Morgan fingerprint density at radius 2 is 2.12 bits per heavy atom. The van der Waals surface area contributed by atoms with Gasteiger partial charge in [0.15, 0.2) is 5.67 Å². The van der Waals surface area contributed by atoms with Crippen LogP contribution < -0.4 is 5.32 Å². The maximum absolute atomic E-state index is 14.0. The molecule has 0 atom stereocenters. The van der Waals surface area contributed by atoms with E-state index in [0.29, 0.717) is 5.95 Å². The molecule has 0 saturated carbocycles. The van der Waals surface area contributed by atoms with Gasteiger partial charge in [-0.15, -0.1) is 5.10 Å². The lowest BCUT2D eigenvalue weighted by Crippen LogP contribution is -2.50. The lowest BCUT2D eigenvalue weighted by molar-refractivity contribution is -0.121. The van der Waals surface area contributed by atoms with E-state index in [1.807, 2.05) is 41.2 Å². The van der Waals surface area contributed by atoms with Crippen molar-refractivity contribution in [2.75, 3.05) is 25.1 Å². The molecule has 0 aliphatic carbocycles. The molecule has 4 aromatic rings. The normalized spacial score (nSPS) is 16.2. The Bertz CT molecular complexity index is 1070. The van der Waals surface area contributed by atoms with E-state index in [4.69, 9.17) is 4.74 Å². The van der Waals surface area contributed by atoms with Crippen molar-refractivity contribution in [3.8, 4) is 11.1 Å². The van der Waals surface area contributed by atoms with Crippen molar-refractivity contribution in [3.05, 3.63) is 49.2 Å². The number of nitrogens with one attached hydrogen (secondary N) is 1. The Kier molecular flexibility index (Phi) is 3.01. The van der Waals surface area contributed by atoms with E-state index in [2.05, 4.69) is 20.4 Å². The summed E-state index contributed by atoms with van der Waals surface area (Å²) >= 11 is 0. The second-order valence-corrected chi connectivity index (χ2v) is 6.25. The van der Waals surface area contributed by atoms with Crippen LogP contribution in [0.2, 0.25) is 0 Å². The molecule has 1 N–H and O–H groups in total. The van der Waals surface area contributed by atoms with Crippen molar-refractivity contribution in [2.24, 2.45) is 0 Å². The number of halogens is 1. The van der Waals surface area contributed by atoms with Crippen LogP contribution in [0.25, 0.3) is 22.3 Å². The Labute approximate surface area is 142 Å². The van der Waals surface area contributed by atoms with E-state index in [-0.39, 0.29) is 19.8 Å².